The van der Waals surface area contributed by atoms with Gasteiger partial charge < -0.3 is 14.6 Å². The minimum Gasteiger partial charge on any atom is -0.492 e. The van der Waals surface area contributed by atoms with Gasteiger partial charge in [-0.25, -0.2) is 4.39 Å². The number of carbonyl (C=O) groups excluding carboxylic acids is 1. The number of ether oxygens (including phenoxy) is 1. The molecule has 0 radical (unpaired) electrons. The third kappa shape index (κ3) is 4.13. The molecule has 0 aliphatic rings. The molecule has 9 heteroatoms. The van der Waals surface area contributed by atoms with Crippen LogP contribution in [0.4, 0.5) is 23.2 Å². The van der Waals surface area contributed by atoms with Crippen LogP contribution in [-0.2, 0) is 6.18 Å². The van der Waals surface area contributed by atoms with Gasteiger partial charge in [0, 0.05) is 6.07 Å². The Morgan fingerprint density at radius 3 is 2.61 bits per heavy atom. The number of carbonyl (C=O) groups is 1. The number of nitrogens with one attached hydrogen (secondary N) is 1. The van der Waals surface area contributed by atoms with Crippen molar-refractivity contribution in [1.82, 2.24) is 5.16 Å². The van der Waals surface area contributed by atoms with Crippen molar-refractivity contribution < 1.29 is 31.6 Å². The molecule has 0 saturated carbocycles. The van der Waals surface area contributed by atoms with Gasteiger partial charge in [0.25, 0.3) is 5.91 Å². The maximum absolute atomic E-state index is 13.8. The van der Waals surface area contributed by atoms with Gasteiger partial charge in [0.15, 0.2) is 11.5 Å². The second-order valence-corrected chi connectivity index (χ2v) is 5.65. The molecule has 0 fully saturated rings. The molecule has 146 valence electrons. The van der Waals surface area contributed by atoms with E-state index in [1.165, 1.54) is 24.3 Å². The smallest absolute Gasteiger partial charge is 0.416 e. The molecule has 1 N–H and O–H groups in total. The molecule has 0 aliphatic carbocycles. The average Bonchev–Trinajstić information content (AvgIpc) is 3.13. The highest BCUT2D eigenvalue weighted by Gasteiger charge is 2.31. The number of alkyl halides is 3. The molecule has 0 spiro atoms. The van der Waals surface area contributed by atoms with Gasteiger partial charge in [0.1, 0.15) is 11.6 Å². The van der Waals surface area contributed by atoms with Crippen molar-refractivity contribution in [2.75, 3.05) is 11.9 Å². The standard InChI is InChI=1S/C19H14F4N2O3/c1-2-27-16-8-7-11(19(21,22)23)9-14(16)24-18(26)15-10-17(28-25-15)12-5-3-4-6-13(12)20/h3-10H,2H2,1H3,(H,24,26). The SMILES string of the molecule is CCOc1ccc(C(F)(F)F)cc1NC(=O)c1cc(-c2ccccc2F)on1. The number of rotatable bonds is 5. The molecule has 1 heterocycles. The van der Waals surface area contributed by atoms with Gasteiger partial charge in [-0.05, 0) is 37.3 Å². The Morgan fingerprint density at radius 1 is 1.18 bits per heavy atom. The Morgan fingerprint density at radius 2 is 1.93 bits per heavy atom. The molecule has 0 atom stereocenters. The van der Waals surface area contributed by atoms with E-state index in [0.29, 0.717) is 0 Å². The number of aromatic nitrogens is 1. The van der Waals surface area contributed by atoms with Crippen LogP contribution in [0, 0.1) is 5.82 Å². The lowest BCUT2D eigenvalue weighted by Gasteiger charge is -2.14. The Bertz CT molecular complexity index is 999. The summed E-state index contributed by atoms with van der Waals surface area (Å²) in [5, 5.41) is 5.88. The van der Waals surface area contributed by atoms with Crippen molar-refractivity contribution in [2.24, 2.45) is 0 Å². The lowest BCUT2D eigenvalue weighted by Crippen LogP contribution is -2.14. The van der Waals surface area contributed by atoms with E-state index in [1.54, 1.807) is 13.0 Å². The summed E-state index contributed by atoms with van der Waals surface area (Å²) in [6.45, 7) is 1.84. The molecule has 3 rings (SSSR count). The van der Waals surface area contributed by atoms with E-state index >= 15 is 0 Å². The second-order valence-electron chi connectivity index (χ2n) is 5.65. The van der Waals surface area contributed by atoms with Crippen LogP contribution in [0.1, 0.15) is 23.0 Å². The largest absolute Gasteiger partial charge is 0.492 e. The highest BCUT2D eigenvalue weighted by molar-refractivity contribution is 6.04. The Labute approximate surface area is 156 Å². The summed E-state index contributed by atoms with van der Waals surface area (Å²) in [5.74, 6) is -1.31. The zero-order valence-corrected chi connectivity index (χ0v) is 14.5. The van der Waals surface area contributed by atoms with Crippen molar-refractivity contribution in [3.8, 4) is 17.1 Å². The van der Waals surface area contributed by atoms with Crippen molar-refractivity contribution in [3.05, 3.63) is 65.6 Å². The minimum atomic E-state index is -4.59. The van der Waals surface area contributed by atoms with E-state index in [-0.39, 0.29) is 35.1 Å². The number of halogens is 4. The van der Waals surface area contributed by atoms with Crippen LogP contribution in [0.2, 0.25) is 0 Å². The van der Waals surface area contributed by atoms with Gasteiger partial charge in [0.2, 0.25) is 0 Å². The fourth-order valence-electron chi connectivity index (χ4n) is 2.44. The minimum absolute atomic E-state index is 0.0114. The first kappa shape index (κ1) is 19.4. The van der Waals surface area contributed by atoms with Gasteiger partial charge in [0.05, 0.1) is 23.4 Å². The third-order valence-corrected chi connectivity index (χ3v) is 3.74. The second kappa shape index (κ2) is 7.71. The number of hydrogen-bond donors (Lipinski definition) is 1. The number of amides is 1. The molecule has 2 aromatic carbocycles. The van der Waals surface area contributed by atoms with Crippen LogP contribution in [-0.4, -0.2) is 17.7 Å². The molecule has 28 heavy (non-hydrogen) atoms. The van der Waals surface area contributed by atoms with Crippen molar-refractivity contribution >= 4 is 11.6 Å². The number of nitrogens with zero attached hydrogens (tertiary/aromatic N) is 1. The van der Waals surface area contributed by atoms with E-state index in [0.717, 1.165) is 18.2 Å². The number of hydrogen-bond acceptors (Lipinski definition) is 4. The molecule has 0 saturated heterocycles. The van der Waals surface area contributed by atoms with E-state index in [4.69, 9.17) is 9.26 Å². The van der Waals surface area contributed by atoms with Crippen LogP contribution < -0.4 is 10.1 Å². The predicted molar refractivity (Wildman–Crippen MR) is 92.5 cm³/mol. The van der Waals surface area contributed by atoms with Gasteiger partial charge >= 0.3 is 6.18 Å². The van der Waals surface area contributed by atoms with Crippen LogP contribution in [0.3, 0.4) is 0 Å². The third-order valence-electron chi connectivity index (χ3n) is 3.74. The highest BCUT2D eigenvalue weighted by Crippen LogP contribution is 2.35. The summed E-state index contributed by atoms with van der Waals surface area (Å²) >= 11 is 0. The molecule has 1 aromatic heterocycles. The maximum atomic E-state index is 13.8. The molecule has 0 aliphatic heterocycles. The zero-order chi connectivity index (χ0) is 20.3. The highest BCUT2D eigenvalue weighted by atomic mass is 19.4. The maximum Gasteiger partial charge on any atom is 0.416 e. The fourth-order valence-corrected chi connectivity index (χ4v) is 2.44. The Hall–Kier alpha value is -3.36. The van der Waals surface area contributed by atoms with Gasteiger partial charge in [-0.1, -0.05) is 17.3 Å². The average molecular weight is 394 g/mol. The van der Waals surface area contributed by atoms with Crippen LogP contribution in [0.25, 0.3) is 11.3 Å². The number of anilines is 1. The Balaban J connectivity index is 1.88. The van der Waals surface area contributed by atoms with Gasteiger partial charge in [-0.15, -0.1) is 0 Å². The monoisotopic (exact) mass is 394 g/mol. The fraction of sp³-hybridized carbons (Fsp3) is 0.158. The summed E-state index contributed by atoms with van der Waals surface area (Å²) in [7, 11) is 0. The topological polar surface area (TPSA) is 64.4 Å². The summed E-state index contributed by atoms with van der Waals surface area (Å²) in [5.41, 5.74) is -1.24. The first-order chi connectivity index (χ1) is 13.3. The molecular weight excluding hydrogens is 380 g/mol. The van der Waals surface area contributed by atoms with Gasteiger partial charge in [-0.3, -0.25) is 4.79 Å². The van der Waals surface area contributed by atoms with E-state index in [1.807, 2.05) is 0 Å². The van der Waals surface area contributed by atoms with Crippen LogP contribution in [0.5, 0.6) is 5.75 Å². The number of benzene rings is 2. The first-order valence-electron chi connectivity index (χ1n) is 8.16. The van der Waals surface area contributed by atoms with Crippen LogP contribution in [0.15, 0.2) is 53.1 Å². The van der Waals surface area contributed by atoms with Gasteiger partial charge in [-0.2, -0.15) is 13.2 Å². The lowest BCUT2D eigenvalue weighted by atomic mass is 10.1. The summed E-state index contributed by atoms with van der Waals surface area (Å²) < 4.78 is 62.9. The zero-order valence-electron chi connectivity index (χ0n) is 14.5. The molecule has 0 bridgehead atoms. The Kier molecular flexibility index (Phi) is 5.34. The van der Waals surface area contributed by atoms with E-state index < -0.39 is 23.5 Å². The summed E-state index contributed by atoms with van der Waals surface area (Å²) in [6, 6.07) is 9.67. The normalized spacial score (nSPS) is 11.3. The molecule has 3 aromatic rings. The summed E-state index contributed by atoms with van der Waals surface area (Å²) in [4.78, 5) is 12.4. The van der Waals surface area contributed by atoms with Crippen molar-refractivity contribution in [3.63, 3.8) is 0 Å². The first-order valence-corrected chi connectivity index (χ1v) is 8.16. The predicted octanol–water partition coefficient (Wildman–Crippen LogP) is 5.15. The lowest BCUT2D eigenvalue weighted by molar-refractivity contribution is -0.137. The van der Waals surface area contributed by atoms with E-state index in [9.17, 15) is 22.4 Å². The van der Waals surface area contributed by atoms with Crippen LogP contribution >= 0.6 is 0 Å². The molecule has 1 amide bonds. The van der Waals surface area contributed by atoms with E-state index in [2.05, 4.69) is 10.5 Å². The molecule has 0 unspecified atom stereocenters. The van der Waals surface area contributed by atoms with Crippen molar-refractivity contribution in [1.29, 1.82) is 0 Å². The van der Waals surface area contributed by atoms with Crippen molar-refractivity contribution in [2.45, 2.75) is 13.1 Å². The summed E-state index contributed by atoms with van der Waals surface area (Å²) in [6.07, 6.45) is -4.59. The molecular formula is C19H14F4N2O3. The quantitative estimate of drug-likeness (QED) is 0.608. The molecule has 5 nitrogen and oxygen atoms in total.